The molecule has 1 rings (SSSR count). The van der Waals surface area contributed by atoms with E-state index in [0.29, 0.717) is 0 Å². The monoisotopic (exact) mass is 172 g/mol. The van der Waals surface area contributed by atoms with Crippen molar-refractivity contribution in [1.82, 2.24) is 0 Å². The number of allylic oxidation sites excluding steroid dienone is 9. The molecular weight excluding hydrogens is 156 g/mol. The number of rotatable bonds is 2. The van der Waals surface area contributed by atoms with E-state index in [4.69, 9.17) is 0 Å². The largest absolute Gasteiger partial charge is 0.0984 e. The fourth-order valence-electron chi connectivity index (χ4n) is 1.47. The van der Waals surface area contributed by atoms with Crippen LogP contribution < -0.4 is 0 Å². The van der Waals surface area contributed by atoms with E-state index in [9.17, 15) is 0 Å². The van der Waals surface area contributed by atoms with Crippen LogP contribution in [0.5, 0.6) is 0 Å². The van der Waals surface area contributed by atoms with Crippen LogP contribution in [0.15, 0.2) is 59.8 Å². The Morgan fingerprint density at radius 3 is 2.85 bits per heavy atom. The Labute approximate surface area is 80.7 Å². The van der Waals surface area contributed by atoms with Crippen LogP contribution in [0.25, 0.3) is 0 Å². The molecule has 0 unspecified atom stereocenters. The molecule has 0 fully saturated rings. The van der Waals surface area contributed by atoms with Gasteiger partial charge < -0.3 is 0 Å². The van der Waals surface area contributed by atoms with Crippen molar-refractivity contribution in [3.05, 3.63) is 59.8 Å². The van der Waals surface area contributed by atoms with Gasteiger partial charge >= 0.3 is 0 Å². The minimum Gasteiger partial charge on any atom is -0.0984 e. The predicted octanol–water partition coefficient (Wildman–Crippen LogP) is 3.95. The van der Waals surface area contributed by atoms with Crippen LogP contribution in [-0.4, -0.2) is 0 Å². The smallest absolute Gasteiger partial charge is 0.0160 e. The second-order valence-electron chi connectivity index (χ2n) is 3.10. The van der Waals surface area contributed by atoms with E-state index in [1.165, 1.54) is 16.7 Å². The van der Waals surface area contributed by atoms with E-state index in [0.717, 1.165) is 6.42 Å². The van der Waals surface area contributed by atoms with Crippen molar-refractivity contribution in [3.63, 3.8) is 0 Å². The Morgan fingerprint density at radius 1 is 1.46 bits per heavy atom. The van der Waals surface area contributed by atoms with Gasteiger partial charge in [-0.3, -0.25) is 0 Å². The van der Waals surface area contributed by atoms with E-state index in [1.807, 2.05) is 13.0 Å². The average molecular weight is 172 g/mol. The molecule has 0 heteroatoms. The van der Waals surface area contributed by atoms with Crippen molar-refractivity contribution < 1.29 is 0 Å². The van der Waals surface area contributed by atoms with Gasteiger partial charge in [-0.2, -0.15) is 0 Å². The first-order valence-corrected chi connectivity index (χ1v) is 4.62. The molecule has 0 amide bonds. The maximum atomic E-state index is 3.84. The van der Waals surface area contributed by atoms with E-state index < -0.39 is 0 Å². The maximum Gasteiger partial charge on any atom is -0.0160 e. The minimum atomic E-state index is 1.02. The Kier molecular flexibility index (Phi) is 3.51. The summed E-state index contributed by atoms with van der Waals surface area (Å²) in [7, 11) is 0. The van der Waals surface area contributed by atoms with Crippen LogP contribution in [0.3, 0.4) is 0 Å². The Balaban J connectivity index is 3.19. The van der Waals surface area contributed by atoms with Crippen LogP contribution in [0, 0.1) is 0 Å². The zero-order valence-electron chi connectivity index (χ0n) is 8.38. The summed E-state index contributed by atoms with van der Waals surface area (Å²) in [5, 5.41) is 0. The first-order valence-electron chi connectivity index (χ1n) is 4.62. The van der Waals surface area contributed by atoms with Gasteiger partial charge in [0.15, 0.2) is 0 Å². The van der Waals surface area contributed by atoms with Gasteiger partial charge in [-0.1, -0.05) is 43.0 Å². The molecule has 0 aromatic carbocycles. The highest BCUT2D eigenvalue weighted by Crippen LogP contribution is 2.21. The molecule has 0 aromatic heterocycles. The van der Waals surface area contributed by atoms with Gasteiger partial charge in [0.25, 0.3) is 0 Å². The summed E-state index contributed by atoms with van der Waals surface area (Å²) in [6.45, 7) is 8.01. The molecule has 0 aliphatic heterocycles. The fraction of sp³-hybridized carbons (Fsp3) is 0.231. The summed E-state index contributed by atoms with van der Waals surface area (Å²) in [5.74, 6) is 0. The SMILES string of the molecule is C=CC1=C(/C=C\C)C=CCC=C1C. The zero-order chi connectivity index (χ0) is 9.68. The lowest BCUT2D eigenvalue weighted by atomic mass is 10.0. The lowest BCUT2D eigenvalue weighted by Crippen LogP contribution is -1.84. The zero-order valence-corrected chi connectivity index (χ0v) is 8.38. The number of hydrogen-bond donors (Lipinski definition) is 0. The second kappa shape index (κ2) is 4.66. The van der Waals surface area contributed by atoms with Gasteiger partial charge in [-0.25, -0.2) is 0 Å². The third kappa shape index (κ3) is 2.32. The highest BCUT2D eigenvalue weighted by atomic mass is 14.1. The van der Waals surface area contributed by atoms with Crippen LogP contribution in [0.1, 0.15) is 20.3 Å². The second-order valence-corrected chi connectivity index (χ2v) is 3.10. The Hall–Kier alpha value is -1.30. The van der Waals surface area contributed by atoms with Crippen LogP contribution in [0.4, 0.5) is 0 Å². The van der Waals surface area contributed by atoms with Crippen molar-refractivity contribution in [2.75, 3.05) is 0 Å². The summed E-state index contributed by atoms with van der Waals surface area (Å²) in [6, 6.07) is 0. The molecule has 1 aliphatic rings. The van der Waals surface area contributed by atoms with Crippen molar-refractivity contribution in [2.45, 2.75) is 20.3 Å². The van der Waals surface area contributed by atoms with Crippen molar-refractivity contribution in [2.24, 2.45) is 0 Å². The molecule has 0 heterocycles. The average Bonchev–Trinajstić information content (AvgIpc) is 2.28. The number of hydrogen-bond acceptors (Lipinski definition) is 0. The van der Waals surface area contributed by atoms with Gasteiger partial charge in [-0.05, 0) is 37.0 Å². The fourth-order valence-corrected chi connectivity index (χ4v) is 1.47. The molecule has 0 bridgehead atoms. The van der Waals surface area contributed by atoms with Crippen molar-refractivity contribution in [3.8, 4) is 0 Å². The molecule has 0 spiro atoms. The first-order chi connectivity index (χ1) is 6.29. The summed E-state index contributed by atoms with van der Waals surface area (Å²) in [5.41, 5.74) is 3.81. The van der Waals surface area contributed by atoms with Crippen LogP contribution in [0.2, 0.25) is 0 Å². The molecule has 0 saturated carbocycles. The van der Waals surface area contributed by atoms with Crippen LogP contribution >= 0.6 is 0 Å². The normalized spacial score (nSPS) is 17.5. The molecule has 0 N–H and O–H groups in total. The van der Waals surface area contributed by atoms with E-state index in [2.05, 4.69) is 43.9 Å². The molecule has 68 valence electrons. The summed E-state index contributed by atoms with van der Waals surface area (Å²) >= 11 is 0. The summed E-state index contributed by atoms with van der Waals surface area (Å²) in [4.78, 5) is 0. The van der Waals surface area contributed by atoms with E-state index >= 15 is 0 Å². The third-order valence-electron chi connectivity index (χ3n) is 2.14. The quantitative estimate of drug-likeness (QED) is 0.591. The van der Waals surface area contributed by atoms with Gasteiger partial charge in [0.05, 0.1) is 0 Å². The topological polar surface area (TPSA) is 0 Å². The van der Waals surface area contributed by atoms with E-state index in [1.54, 1.807) is 0 Å². The highest BCUT2D eigenvalue weighted by Gasteiger charge is 2.02. The van der Waals surface area contributed by atoms with Gasteiger partial charge in [0, 0.05) is 0 Å². The predicted molar refractivity (Wildman–Crippen MR) is 59.6 cm³/mol. The molecule has 0 nitrogen and oxygen atoms in total. The molecule has 0 radical (unpaired) electrons. The highest BCUT2D eigenvalue weighted by molar-refractivity contribution is 5.51. The Morgan fingerprint density at radius 2 is 2.23 bits per heavy atom. The first kappa shape index (κ1) is 9.79. The van der Waals surface area contributed by atoms with Gasteiger partial charge in [0.1, 0.15) is 0 Å². The molecule has 13 heavy (non-hydrogen) atoms. The molecular formula is C13H16. The summed E-state index contributed by atoms with van der Waals surface area (Å²) < 4.78 is 0. The lowest BCUT2D eigenvalue weighted by Gasteiger charge is -2.03. The van der Waals surface area contributed by atoms with Gasteiger partial charge in [0.2, 0.25) is 0 Å². The van der Waals surface area contributed by atoms with Crippen LogP contribution in [-0.2, 0) is 0 Å². The molecule has 0 saturated heterocycles. The third-order valence-corrected chi connectivity index (χ3v) is 2.14. The molecule has 0 atom stereocenters. The maximum absolute atomic E-state index is 3.84. The molecule has 1 aliphatic carbocycles. The Bertz CT molecular complexity index is 309. The summed E-state index contributed by atoms with van der Waals surface area (Å²) in [6.07, 6.45) is 13.7. The lowest BCUT2D eigenvalue weighted by molar-refractivity contribution is 1.32. The van der Waals surface area contributed by atoms with Gasteiger partial charge in [-0.15, -0.1) is 0 Å². The standard InChI is InChI=1S/C13H16/c1-4-8-12-10-7-6-9-11(3)13(12)5-2/h4-5,7-10H,2,6H2,1,3H3/b8-4-. The van der Waals surface area contributed by atoms with Crippen molar-refractivity contribution in [1.29, 1.82) is 0 Å². The molecule has 0 aromatic rings. The minimum absolute atomic E-state index is 1.02. The van der Waals surface area contributed by atoms with Crippen molar-refractivity contribution >= 4 is 0 Å². The van der Waals surface area contributed by atoms with E-state index in [-0.39, 0.29) is 0 Å².